The Kier molecular flexibility index (Phi) is 8.68. The van der Waals surface area contributed by atoms with E-state index in [1.54, 1.807) is 27.5 Å². The van der Waals surface area contributed by atoms with Crippen molar-refractivity contribution in [2.24, 2.45) is 0 Å². The van der Waals surface area contributed by atoms with E-state index in [1.807, 2.05) is 12.1 Å². The molecule has 0 saturated heterocycles. The molecule has 1 heterocycles. The zero-order valence-corrected chi connectivity index (χ0v) is 20.7. The zero-order valence-electron chi connectivity index (χ0n) is 16.1. The van der Waals surface area contributed by atoms with Crippen LogP contribution in [0.25, 0.3) is 0 Å². The molecule has 9 heteroatoms. The van der Waals surface area contributed by atoms with E-state index in [-0.39, 0.29) is 5.95 Å². The average molecular weight is 578 g/mol. The molecule has 0 bridgehead atoms. The summed E-state index contributed by atoms with van der Waals surface area (Å²) in [5, 5.41) is 0. The van der Waals surface area contributed by atoms with Gasteiger partial charge in [-0.3, -0.25) is 0 Å². The first-order valence-corrected chi connectivity index (χ1v) is 24.4. The van der Waals surface area contributed by atoms with Gasteiger partial charge in [-0.2, -0.15) is 4.98 Å². The standard InChI is InChI=1S/C14H18N4O3.3CH3.ClH.Pb/c1-19-10-5-8(6-11(20-2)12(10)21-3)4-9-7-17-14(16)18-13(9)15;;;;;/h5-7H,4H2,1-3H3,(H4,15,16,17,18);3*1H3;1H;/q;;;;;+1/p-1. The molecule has 0 radical (unpaired) electrons. The average Bonchev–Trinajstić information content (AvgIpc) is 2.54. The normalized spacial score (nSPS) is 10.6. The van der Waals surface area contributed by atoms with E-state index in [0.717, 1.165) is 11.1 Å². The zero-order chi connectivity index (χ0) is 19.9. The topological polar surface area (TPSA) is 106 Å². The maximum absolute atomic E-state index is 5.85. The summed E-state index contributed by atoms with van der Waals surface area (Å²) in [6.45, 7) is 0. The van der Waals surface area contributed by atoms with Crippen molar-refractivity contribution < 1.29 is 14.2 Å². The van der Waals surface area contributed by atoms with E-state index < -0.39 is 19.9 Å². The van der Waals surface area contributed by atoms with Crippen LogP contribution in [0.4, 0.5) is 11.8 Å². The number of hydrogen-bond donors (Lipinski definition) is 2. The number of nitrogen functional groups attached to an aromatic ring is 2. The molecular weight excluding hydrogens is 551 g/mol. The first-order valence-electron chi connectivity index (χ1n) is 7.93. The van der Waals surface area contributed by atoms with Crippen LogP contribution >= 0.6 is 8.32 Å². The molecule has 0 spiro atoms. The molecular formula is C17H27ClN4O3Pb. The Morgan fingerprint density at radius 1 is 1.00 bits per heavy atom. The van der Waals surface area contributed by atoms with Gasteiger partial charge in [-0.15, -0.1) is 0 Å². The Balaban J connectivity index is 0.000000597. The van der Waals surface area contributed by atoms with E-state index in [0.29, 0.717) is 29.5 Å². The number of hydrogen-bond acceptors (Lipinski definition) is 7. The summed E-state index contributed by atoms with van der Waals surface area (Å²) in [6, 6.07) is 3.72. The van der Waals surface area contributed by atoms with Crippen molar-refractivity contribution in [3.63, 3.8) is 0 Å². The molecule has 1 aromatic carbocycles. The summed E-state index contributed by atoms with van der Waals surface area (Å²) in [7, 11) is 10.5. The number of rotatable bonds is 5. The third-order valence-electron chi connectivity index (χ3n) is 3.04. The second kappa shape index (κ2) is 10.0. The van der Waals surface area contributed by atoms with Crippen molar-refractivity contribution in [3.05, 3.63) is 29.5 Å². The molecule has 7 nitrogen and oxygen atoms in total. The molecule has 0 aliphatic rings. The molecule has 0 saturated carbocycles. The Morgan fingerprint density at radius 3 is 1.88 bits per heavy atom. The van der Waals surface area contributed by atoms with Crippen molar-refractivity contribution in [2.45, 2.75) is 19.9 Å². The van der Waals surface area contributed by atoms with Crippen LogP contribution in [0.1, 0.15) is 11.1 Å². The Morgan fingerprint density at radius 2 is 1.50 bits per heavy atom. The summed E-state index contributed by atoms with van der Waals surface area (Å²) in [5.74, 6) is 2.23. The third kappa shape index (κ3) is 7.40. The summed E-state index contributed by atoms with van der Waals surface area (Å²) >= 11 is -1.81. The van der Waals surface area contributed by atoms with Crippen LogP contribution in [-0.4, -0.2) is 51.2 Å². The van der Waals surface area contributed by atoms with Crippen LogP contribution in [0.5, 0.6) is 17.2 Å². The van der Waals surface area contributed by atoms with Gasteiger partial charge < -0.3 is 25.7 Å². The SMILES string of the molecule is COc1cc(Cc2cnc(N)nc2N)cc(OC)c1OC.[CH3][Pb]([CH3])([CH3])[Cl]. The summed E-state index contributed by atoms with van der Waals surface area (Å²) in [4.78, 5) is 7.90. The van der Waals surface area contributed by atoms with Gasteiger partial charge in [-0.05, 0) is 17.7 Å². The fraction of sp³-hybridized carbons (Fsp3) is 0.412. The predicted octanol–water partition coefficient (Wildman–Crippen LogP) is 3.32. The van der Waals surface area contributed by atoms with Crippen molar-refractivity contribution in [1.82, 2.24) is 9.97 Å². The number of halogens is 1. The van der Waals surface area contributed by atoms with Gasteiger partial charge in [-0.25, -0.2) is 4.98 Å². The van der Waals surface area contributed by atoms with Crippen molar-refractivity contribution in [2.75, 3.05) is 32.8 Å². The van der Waals surface area contributed by atoms with Crippen LogP contribution in [0, 0.1) is 0 Å². The molecule has 0 aliphatic heterocycles. The number of anilines is 2. The van der Waals surface area contributed by atoms with E-state index >= 15 is 0 Å². The molecule has 4 N–H and O–H groups in total. The number of aromatic nitrogens is 2. The molecule has 0 amide bonds. The first kappa shape index (κ1) is 22.6. The van der Waals surface area contributed by atoms with E-state index in [9.17, 15) is 0 Å². The summed E-state index contributed by atoms with van der Waals surface area (Å²) < 4.78 is 22.5. The minimum absolute atomic E-state index is 0.154. The number of ether oxygens (including phenoxy) is 3. The van der Waals surface area contributed by atoms with Gasteiger partial charge in [0.2, 0.25) is 11.7 Å². The van der Waals surface area contributed by atoms with Crippen LogP contribution in [0.15, 0.2) is 18.3 Å². The van der Waals surface area contributed by atoms with Crippen molar-refractivity contribution in [3.8, 4) is 17.2 Å². The summed E-state index contributed by atoms with van der Waals surface area (Å²) in [5.41, 5.74) is 13.1. The first-order chi connectivity index (χ1) is 12.1. The van der Waals surface area contributed by atoms with Crippen LogP contribution in [-0.2, 0) is 6.42 Å². The van der Waals surface area contributed by atoms with Crippen molar-refractivity contribution in [1.29, 1.82) is 0 Å². The van der Waals surface area contributed by atoms with Gasteiger partial charge in [0.25, 0.3) is 0 Å². The number of nitrogens with zero attached hydrogens (tertiary/aromatic N) is 2. The van der Waals surface area contributed by atoms with Gasteiger partial charge in [0.1, 0.15) is 5.82 Å². The molecule has 26 heavy (non-hydrogen) atoms. The van der Waals surface area contributed by atoms with E-state index in [4.69, 9.17) is 34.0 Å². The summed E-state index contributed by atoms with van der Waals surface area (Å²) in [6.07, 6.45) is 2.14. The van der Waals surface area contributed by atoms with Crippen LogP contribution in [0.2, 0.25) is 13.4 Å². The Bertz CT molecular complexity index is 707. The molecule has 0 aliphatic carbocycles. The molecule has 144 valence electrons. The molecule has 1 aromatic heterocycles. The van der Waals surface area contributed by atoms with Crippen LogP contribution < -0.4 is 25.7 Å². The molecule has 2 rings (SSSR count). The fourth-order valence-electron chi connectivity index (χ4n) is 2.03. The number of methoxy groups -OCH3 is 3. The molecule has 0 unspecified atom stereocenters. The van der Waals surface area contributed by atoms with E-state index in [2.05, 4.69) is 23.4 Å². The van der Waals surface area contributed by atoms with Crippen molar-refractivity contribution >= 4 is 40.0 Å². The number of benzene rings is 1. The van der Waals surface area contributed by atoms with Gasteiger partial charge in [0, 0.05) is 18.2 Å². The molecule has 2 aromatic rings. The second-order valence-electron chi connectivity index (χ2n) is 6.42. The monoisotopic (exact) mass is 578 g/mol. The van der Waals surface area contributed by atoms with Gasteiger partial charge >= 0.3 is 41.7 Å². The fourth-order valence-corrected chi connectivity index (χ4v) is 2.03. The number of nitrogens with two attached hydrogens (primary N) is 2. The Labute approximate surface area is 163 Å². The van der Waals surface area contributed by atoms with E-state index in [1.165, 1.54) is 0 Å². The third-order valence-corrected chi connectivity index (χ3v) is 3.04. The van der Waals surface area contributed by atoms with Gasteiger partial charge in [0.05, 0.1) is 21.3 Å². The minimum atomic E-state index is -1.81. The van der Waals surface area contributed by atoms with Gasteiger partial charge in [0.15, 0.2) is 11.5 Å². The maximum atomic E-state index is 5.85. The molecule has 0 atom stereocenters. The van der Waals surface area contributed by atoms with Gasteiger partial charge in [-0.1, -0.05) is 0 Å². The second-order valence-corrected chi connectivity index (χ2v) is 32.4. The molecule has 0 fully saturated rings. The van der Waals surface area contributed by atoms with Crippen LogP contribution in [0.3, 0.4) is 0 Å². The predicted molar refractivity (Wildman–Crippen MR) is 109 cm³/mol. The quantitative estimate of drug-likeness (QED) is 0.525. The Hall–Kier alpha value is -1.49.